The van der Waals surface area contributed by atoms with E-state index in [1.54, 1.807) is 0 Å². The van der Waals surface area contributed by atoms with E-state index in [1.807, 2.05) is 95.9 Å². The summed E-state index contributed by atoms with van der Waals surface area (Å²) in [6, 6.07) is 27.9. The lowest BCUT2D eigenvalue weighted by molar-refractivity contribution is -0.417. The monoisotopic (exact) mass is 443 g/mol. The summed E-state index contributed by atoms with van der Waals surface area (Å²) in [4.78, 5) is 18.7. The summed E-state index contributed by atoms with van der Waals surface area (Å²) in [7, 11) is 0. The molecule has 0 saturated carbocycles. The summed E-state index contributed by atoms with van der Waals surface area (Å²) in [5, 5.41) is 18.9. The zero-order valence-electron chi connectivity index (χ0n) is 18.1. The van der Waals surface area contributed by atoms with Crippen LogP contribution >= 0.6 is 0 Å². The van der Waals surface area contributed by atoms with E-state index >= 15 is 0 Å². The van der Waals surface area contributed by atoms with Crippen LogP contribution in [0.5, 0.6) is 0 Å². The second-order valence-electron chi connectivity index (χ2n) is 7.33. The van der Waals surface area contributed by atoms with Gasteiger partial charge < -0.3 is 20.3 Å². The first-order valence-electron chi connectivity index (χ1n) is 10.7. The molecule has 0 atom stereocenters. The van der Waals surface area contributed by atoms with Gasteiger partial charge in [0, 0.05) is 24.5 Å². The SMILES string of the molecule is O=[N+]([O-])C(C(=Nc1ccccc1)N1CCOCC1)=C(Nc1ccccc1)Nc1ccccc1. The molecule has 0 aliphatic carbocycles. The highest BCUT2D eigenvalue weighted by Gasteiger charge is 2.32. The van der Waals surface area contributed by atoms with Gasteiger partial charge in [0.05, 0.1) is 23.8 Å². The molecule has 168 valence electrons. The van der Waals surface area contributed by atoms with Crippen LogP contribution in [0.15, 0.2) is 108 Å². The number of amidine groups is 1. The number of aliphatic imine (C=N–C) groups is 1. The number of nitrogens with zero attached hydrogens (tertiary/aromatic N) is 3. The third-order valence-corrected chi connectivity index (χ3v) is 5.02. The number of hydrogen-bond donors (Lipinski definition) is 2. The van der Waals surface area contributed by atoms with Crippen LogP contribution in [0, 0.1) is 10.1 Å². The first-order chi connectivity index (χ1) is 16.2. The van der Waals surface area contributed by atoms with Crippen molar-refractivity contribution in [2.45, 2.75) is 0 Å². The van der Waals surface area contributed by atoms with E-state index in [0.717, 1.165) is 11.4 Å². The molecule has 1 aliphatic heterocycles. The average Bonchev–Trinajstić information content (AvgIpc) is 2.86. The number of rotatable bonds is 7. The van der Waals surface area contributed by atoms with Crippen LogP contribution in [0.3, 0.4) is 0 Å². The summed E-state index contributed by atoms with van der Waals surface area (Å²) < 4.78 is 5.48. The molecule has 3 aromatic carbocycles. The van der Waals surface area contributed by atoms with Crippen molar-refractivity contribution in [2.75, 3.05) is 36.9 Å². The van der Waals surface area contributed by atoms with Crippen molar-refractivity contribution in [3.63, 3.8) is 0 Å². The first-order valence-corrected chi connectivity index (χ1v) is 10.7. The Bertz CT molecular complexity index is 1070. The fourth-order valence-electron chi connectivity index (χ4n) is 3.44. The number of para-hydroxylation sites is 3. The summed E-state index contributed by atoms with van der Waals surface area (Å²) in [5.74, 6) is 0.509. The molecule has 1 aliphatic rings. The number of anilines is 2. The molecule has 33 heavy (non-hydrogen) atoms. The van der Waals surface area contributed by atoms with Crippen molar-refractivity contribution in [2.24, 2.45) is 4.99 Å². The van der Waals surface area contributed by atoms with Gasteiger partial charge in [0.25, 0.3) is 0 Å². The molecule has 1 heterocycles. The van der Waals surface area contributed by atoms with Crippen molar-refractivity contribution in [1.82, 2.24) is 4.90 Å². The zero-order valence-corrected chi connectivity index (χ0v) is 18.1. The number of nitro groups is 1. The third-order valence-electron chi connectivity index (χ3n) is 5.02. The average molecular weight is 444 g/mol. The molecule has 1 saturated heterocycles. The summed E-state index contributed by atoms with van der Waals surface area (Å²) >= 11 is 0. The predicted molar refractivity (Wildman–Crippen MR) is 130 cm³/mol. The Morgan fingerprint density at radius 3 is 1.79 bits per heavy atom. The Balaban J connectivity index is 1.86. The van der Waals surface area contributed by atoms with E-state index in [0.29, 0.717) is 32.0 Å². The Morgan fingerprint density at radius 1 is 0.818 bits per heavy atom. The summed E-state index contributed by atoms with van der Waals surface area (Å²) in [6.07, 6.45) is 0. The predicted octanol–water partition coefficient (Wildman–Crippen LogP) is 4.72. The first kappa shape index (κ1) is 22.0. The summed E-state index contributed by atoms with van der Waals surface area (Å²) in [6.45, 7) is 1.97. The Kier molecular flexibility index (Phi) is 7.29. The molecular weight excluding hydrogens is 418 g/mol. The van der Waals surface area contributed by atoms with Crippen LogP contribution in [0.25, 0.3) is 0 Å². The number of benzene rings is 3. The van der Waals surface area contributed by atoms with Crippen molar-refractivity contribution >= 4 is 22.9 Å². The molecule has 0 amide bonds. The Hall–Kier alpha value is -4.17. The van der Waals surface area contributed by atoms with E-state index in [2.05, 4.69) is 10.6 Å². The lowest BCUT2D eigenvalue weighted by atomic mass is 10.2. The van der Waals surface area contributed by atoms with Crippen LogP contribution < -0.4 is 10.6 Å². The maximum absolute atomic E-state index is 12.5. The van der Waals surface area contributed by atoms with Gasteiger partial charge in [-0.2, -0.15) is 0 Å². The number of morpholine rings is 1. The Labute approximate surface area is 192 Å². The van der Waals surface area contributed by atoms with Gasteiger partial charge in [0.1, 0.15) is 0 Å². The van der Waals surface area contributed by atoms with Crippen LogP contribution in [0.2, 0.25) is 0 Å². The van der Waals surface area contributed by atoms with E-state index in [9.17, 15) is 10.1 Å². The molecule has 8 heteroatoms. The molecule has 0 unspecified atom stereocenters. The number of ether oxygens (including phenoxy) is 1. The lowest BCUT2D eigenvalue weighted by Gasteiger charge is -2.29. The fraction of sp³-hybridized carbons (Fsp3) is 0.160. The maximum atomic E-state index is 12.5. The number of nitrogens with one attached hydrogen (secondary N) is 2. The largest absolute Gasteiger partial charge is 0.378 e. The Morgan fingerprint density at radius 2 is 1.30 bits per heavy atom. The molecule has 0 spiro atoms. The highest BCUT2D eigenvalue weighted by Crippen LogP contribution is 2.22. The molecule has 0 bridgehead atoms. The summed E-state index contributed by atoms with van der Waals surface area (Å²) in [5.41, 5.74) is 1.93. The van der Waals surface area contributed by atoms with E-state index in [-0.39, 0.29) is 17.4 Å². The van der Waals surface area contributed by atoms with Crippen molar-refractivity contribution in [3.8, 4) is 0 Å². The van der Waals surface area contributed by atoms with Crippen LogP contribution in [0.4, 0.5) is 17.1 Å². The molecule has 8 nitrogen and oxygen atoms in total. The topological polar surface area (TPSA) is 92.0 Å². The second kappa shape index (κ2) is 10.9. The standard InChI is InChI=1S/C25H25N5O3/c31-30(32)23(25(29-16-18-33-19-17-29)28-22-14-8-3-9-15-22)24(26-20-10-4-1-5-11-20)27-21-12-6-2-7-13-21/h1-15,26-27H,16-19H2. The maximum Gasteiger partial charge on any atom is 0.351 e. The second-order valence-corrected chi connectivity index (χ2v) is 7.33. The van der Waals surface area contributed by atoms with Gasteiger partial charge in [0.2, 0.25) is 5.84 Å². The van der Waals surface area contributed by atoms with E-state index in [1.165, 1.54) is 0 Å². The molecule has 0 aromatic heterocycles. The van der Waals surface area contributed by atoms with Gasteiger partial charge in [-0.1, -0.05) is 54.6 Å². The lowest BCUT2D eigenvalue weighted by Crippen LogP contribution is -2.43. The van der Waals surface area contributed by atoms with Crippen LogP contribution in [0.1, 0.15) is 0 Å². The van der Waals surface area contributed by atoms with Gasteiger partial charge in [-0.15, -0.1) is 0 Å². The number of hydrogen-bond acceptors (Lipinski definition) is 6. The molecule has 4 rings (SSSR count). The molecule has 1 fully saturated rings. The smallest absolute Gasteiger partial charge is 0.351 e. The van der Waals surface area contributed by atoms with Crippen molar-refractivity contribution in [1.29, 1.82) is 0 Å². The quantitative estimate of drug-likeness (QED) is 0.238. The third kappa shape index (κ3) is 5.96. The highest BCUT2D eigenvalue weighted by molar-refractivity contribution is 5.99. The fourth-order valence-corrected chi connectivity index (χ4v) is 3.44. The van der Waals surface area contributed by atoms with Crippen molar-refractivity contribution < 1.29 is 9.66 Å². The van der Waals surface area contributed by atoms with Crippen molar-refractivity contribution in [3.05, 3.63) is 113 Å². The van der Waals surface area contributed by atoms with Crippen LogP contribution in [-0.4, -0.2) is 42.0 Å². The molecular formula is C25H25N5O3. The van der Waals surface area contributed by atoms with E-state index in [4.69, 9.17) is 9.73 Å². The van der Waals surface area contributed by atoms with Crippen LogP contribution in [-0.2, 0) is 4.74 Å². The highest BCUT2D eigenvalue weighted by atomic mass is 16.6. The van der Waals surface area contributed by atoms with Gasteiger partial charge >= 0.3 is 5.70 Å². The minimum Gasteiger partial charge on any atom is -0.378 e. The zero-order chi connectivity index (χ0) is 22.9. The van der Waals surface area contributed by atoms with E-state index < -0.39 is 4.92 Å². The van der Waals surface area contributed by atoms with Gasteiger partial charge in [-0.25, -0.2) is 4.99 Å². The molecule has 0 radical (unpaired) electrons. The minimum absolute atomic E-state index is 0.145. The minimum atomic E-state index is -0.390. The van der Waals surface area contributed by atoms with Gasteiger partial charge in [-0.05, 0) is 36.4 Å². The van der Waals surface area contributed by atoms with Gasteiger partial charge in [0.15, 0.2) is 5.82 Å². The molecule has 2 N–H and O–H groups in total. The normalized spacial score (nSPS) is 13.8. The van der Waals surface area contributed by atoms with Gasteiger partial charge in [-0.3, -0.25) is 10.1 Å². The molecule has 3 aromatic rings.